The van der Waals surface area contributed by atoms with E-state index in [1.165, 1.54) is 30.3 Å². The lowest BCUT2D eigenvalue weighted by atomic mass is 10.3. The normalized spacial score (nSPS) is 10.2. The number of aromatic hydroxyl groups is 1. The summed E-state index contributed by atoms with van der Waals surface area (Å²) in [5, 5.41) is 14.2. The number of amides is 2. The van der Waals surface area contributed by atoms with E-state index in [-0.39, 0.29) is 27.2 Å². The van der Waals surface area contributed by atoms with Crippen molar-refractivity contribution in [1.29, 1.82) is 0 Å². The number of benzene rings is 2. The van der Waals surface area contributed by atoms with Crippen LogP contribution in [-0.2, 0) is 0 Å². The maximum atomic E-state index is 13.4. The van der Waals surface area contributed by atoms with E-state index in [2.05, 4.69) is 10.6 Å². The topological polar surface area (TPSA) is 61.4 Å². The monoisotopic (exact) mass is 314 g/mol. The highest BCUT2D eigenvalue weighted by molar-refractivity contribution is 6.37. The second kappa shape index (κ2) is 5.98. The van der Waals surface area contributed by atoms with Crippen molar-refractivity contribution in [3.05, 3.63) is 52.3 Å². The van der Waals surface area contributed by atoms with Gasteiger partial charge in [-0.1, -0.05) is 35.3 Å². The number of phenols is 1. The molecule has 3 N–H and O–H groups in total. The summed E-state index contributed by atoms with van der Waals surface area (Å²) < 4.78 is 13.4. The van der Waals surface area contributed by atoms with Gasteiger partial charge >= 0.3 is 6.03 Å². The van der Waals surface area contributed by atoms with Crippen LogP contribution >= 0.6 is 23.2 Å². The molecule has 104 valence electrons. The number of para-hydroxylation sites is 1. The van der Waals surface area contributed by atoms with Gasteiger partial charge in [-0.2, -0.15) is 0 Å². The van der Waals surface area contributed by atoms with Gasteiger partial charge in [0.2, 0.25) is 0 Å². The van der Waals surface area contributed by atoms with E-state index in [1.807, 2.05) is 0 Å². The minimum atomic E-state index is -0.659. The van der Waals surface area contributed by atoms with Gasteiger partial charge in [-0.15, -0.1) is 0 Å². The van der Waals surface area contributed by atoms with Crippen molar-refractivity contribution in [1.82, 2.24) is 0 Å². The molecule has 2 aromatic carbocycles. The molecule has 0 aliphatic heterocycles. The number of anilines is 2. The van der Waals surface area contributed by atoms with Crippen LogP contribution in [0.5, 0.6) is 5.75 Å². The molecule has 0 saturated carbocycles. The van der Waals surface area contributed by atoms with Crippen molar-refractivity contribution in [2.75, 3.05) is 10.6 Å². The number of nitrogens with one attached hydrogen (secondary N) is 2. The maximum absolute atomic E-state index is 13.4. The Balaban J connectivity index is 2.11. The second-order valence-corrected chi connectivity index (χ2v) is 4.66. The van der Waals surface area contributed by atoms with Crippen molar-refractivity contribution < 1.29 is 14.3 Å². The fraction of sp³-hybridized carbons (Fsp3) is 0. The third-order valence-electron chi connectivity index (χ3n) is 2.40. The summed E-state index contributed by atoms with van der Waals surface area (Å²) in [6, 6.07) is 7.74. The lowest BCUT2D eigenvalue weighted by molar-refractivity contribution is 0.262. The van der Waals surface area contributed by atoms with Gasteiger partial charge < -0.3 is 15.7 Å². The molecule has 0 atom stereocenters. The molecule has 0 saturated heterocycles. The lowest BCUT2D eigenvalue weighted by Gasteiger charge is -2.09. The molecular formula is C13H9Cl2FN2O2. The Morgan fingerprint density at radius 3 is 2.30 bits per heavy atom. The van der Waals surface area contributed by atoms with Crippen LogP contribution in [0.25, 0.3) is 0 Å². The first kappa shape index (κ1) is 14.4. The van der Waals surface area contributed by atoms with Crippen LogP contribution in [0.2, 0.25) is 10.0 Å². The number of carbonyl (C=O) groups is 1. The van der Waals surface area contributed by atoms with E-state index < -0.39 is 11.8 Å². The SMILES string of the molecule is O=C(Nc1cc(Cl)c(O)c(Cl)c1)Nc1ccccc1F. The number of carbonyl (C=O) groups excluding carboxylic acids is 1. The van der Waals surface area contributed by atoms with Crippen LogP contribution in [0, 0.1) is 5.82 Å². The molecule has 2 aromatic rings. The third kappa shape index (κ3) is 3.31. The summed E-state index contributed by atoms with van der Waals surface area (Å²) >= 11 is 11.4. The van der Waals surface area contributed by atoms with E-state index in [1.54, 1.807) is 6.07 Å². The third-order valence-corrected chi connectivity index (χ3v) is 2.97. The molecule has 0 unspecified atom stereocenters. The Hall–Kier alpha value is -1.98. The highest BCUT2D eigenvalue weighted by atomic mass is 35.5. The van der Waals surface area contributed by atoms with Gasteiger partial charge in [-0.25, -0.2) is 9.18 Å². The van der Waals surface area contributed by atoms with Crippen molar-refractivity contribution in [2.45, 2.75) is 0 Å². The fourth-order valence-electron chi connectivity index (χ4n) is 1.48. The molecule has 0 aromatic heterocycles. The second-order valence-electron chi connectivity index (χ2n) is 3.85. The Morgan fingerprint density at radius 2 is 1.70 bits per heavy atom. The van der Waals surface area contributed by atoms with Gasteiger partial charge in [0.25, 0.3) is 0 Å². The van der Waals surface area contributed by atoms with Crippen molar-refractivity contribution >= 4 is 40.6 Å². The molecule has 4 nitrogen and oxygen atoms in total. The number of rotatable bonds is 2. The van der Waals surface area contributed by atoms with Gasteiger partial charge in [0, 0.05) is 5.69 Å². The van der Waals surface area contributed by atoms with Gasteiger partial charge in [0.15, 0.2) is 5.75 Å². The summed E-state index contributed by atoms with van der Waals surface area (Å²) in [4.78, 5) is 11.7. The molecule has 2 amide bonds. The van der Waals surface area contributed by atoms with Crippen LogP contribution < -0.4 is 10.6 Å². The zero-order valence-electron chi connectivity index (χ0n) is 9.95. The van der Waals surface area contributed by atoms with E-state index in [0.717, 1.165) is 0 Å². The lowest BCUT2D eigenvalue weighted by Crippen LogP contribution is -2.20. The standard InChI is InChI=1S/C13H9Cl2FN2O2/c14-8-5-7(6-9(15)12(8)19)17-13(20)18-11-4-2-1-3-10(11)16/h1-6,19H,(H2,17,18,20). The van der Waals surface area contributed by atoms with Gasteiger partial charge in [0.1, 0.15) is 5.82 Å². The van der Waals surface area contributed by atoms with Crippen LogP contribution in [0.1, 0.15) is 0 Å². The maximum Gasteiger partial charge on any atom is 0.323 e. The van der Waals surface area contributed by atoms with Crippen molar-refractivity contribution in [3.63, 3.8) is 0 Å². The summed E-state index contributed by atoms with van der Waals surface area (Å²) in [7, 11) is 0. The number of halogens is 3. The smallest absolute Gasteiger partial charge is 0.323 e. The first-order chi connectivity index (χ1) is 9.47. The molecule has 0 aliphatic carbocycles. The molecular weight excluding hydrogens is 306 g/mol. The zero-order valence-corrected chi connectivity index (χ0v) is 11.5. The predicted molar refractivity (Wildman–Crippen MR) is 77.2 cm³/mol. The molecule has 20 heavy (non-hydrogen) atoms. The van der Waals surface area contributed by atoms with Crippen LogP contribution in [-0.4, -0.2) is 11.1 Å². The zero-order chi connectivity index (χ0) is 14.7. The van der Waals surface area contributed by atoms with Crippen LogP contribution in [0.4, 0.5) is 20.6 Å². The summed E-state index contributed by atoms with van der Waals surface area (Å²) in [5.74, 6) is -0.821. The molecule has 0 radical (unpaired) electrons. The number of hydrogen-bond donors (Lipinski definition) is 3. The molecule has 0 fully saturated rings. The van der Waals surface area contributed by atoms with Gasteiger partial charge in [-0.05, 0) is 24.3 Å². The largest absolute Gasteiger partial charge is 0.505 e. The first-order valence-electron chi connectivity index (χ1n) is 5.48. The number of hydrogen-bond acceptors (Lipinski definition) is 2. The fourth-order valence-corrected chi connectivity index (χ4v) is 1.97. The molecule has 2 rings (SSSR count). The highest BCUT2D eigenvalue weighted by Crippen LogP contribution is 2.34. The summed E-state index contributed by atoms with van der Waals surface area (Å²) in [6.07, 6.45) is 0. The average Bonchev–Trinajstić information content (AvgIpc) is 2.38. The Kier molecular flexibility index (Phi) is 4.32. The van der Waals surface area contributed by atoms with E-state index in [0.29, 0.717) is 0 Å². The van der Waals surface area contributed by atoms with Gasteiger partial charge in [-0.3, -0.25) is 0 Å². The van der Waals surface area contributed by atoms with E-state index >= 15 is 0 Å². The number of urea groups is 1. The average molecular weight is 315 g/mol. The molecule has 0 bridgehead atoms. The summed E-state index contributed by atoms with van der Waals surface area (Å²) in [5.41, 5.74) is 0.313. The Bertz CT molecular complexity index is 642. The highest BCUT2D eigenvalue weighted by Gasteiger charge is 2.10. The molecule has 0 aliphatic rings. The van der Waals surface area contributed by atoms with E-state index in [4.69, 9.17) is 23.2 Å². The molecule has 7 heteroatoms. The Morgan fingerprint density at radius 1 is 1.10 bits per heavy atom. The first-order valence-corrected chi connectivity index (χ1v) is 6.23. The molecule has 0 spiro atoms. The summed E-state index contributed by atoms with van der Waals surface area (Å²) in [6.45, 7) is 0. The van der Waals surface area contributed by atoms with Gasteiger partial charge in [0.05, 0.1) is 15.7 Å². The van der Waals surface area contributed by atoms with Crippen LogP contribution in [0.15, 0.2) is 36.4 Å². The quantitative estimate of drug-likeness (QED) is 0.715. The van der Waals surface area contributed by atoms with Crippen LogP contribution in [0.3, 0.4) is 0 Å². The minimum absolute atomic E-state index is 0.00121. The van der Waals surface area contributed by atoms with Crippen molar-refractivity contribution in [3.8, 4) is 5.75 Å². The Labute approximate surface area is 124 Å². The minimum Gasteiger partial charge on any atom is -0.505 e. The predicted octanol–water partition coefficient (Wildman–Crippen LogP) is 4.48. The van der Waals surface area contributed by atoms with E-state index in [9.17, 15) is 14.3 Å². The number of phenolic OH excluding ortho intramolecular Hbond substituents is 1. The molecule has 0 heterocycles. The van der Waals surface area contributed by atoms with Crippen molar-refractivity contribution in [2.24, 2.45) is 0 Å².